The van der Waals surface area contributed by atoms with E-state index >= 15 is 0 Å². The normalized spacial score (nSPS) is 35.0. The van der Waals surface area contributed by atoms with Gasteiger partial charge in [-0.25, -0.2) is 12.8 Å². The van der Waals surface area contributed by atoms with Gasteiger partial charge in [0.15, 0.2) is 0 Å². The van der Waals surface area contributed by atoms with E-state index in [0.29, 0.717) is 18.9 Å². The number of rotatable bonds is 5. The van der Waals surface area contributed by atoms with Crippen LogP contribution in [0.3, 0.4) is 0 Å². The number of nitrogens with one attached hydrogen (secondary N) is 1. The van der Waals surface area contributed by atoms with Gasteiger partial charge in [0.2, 0.25) is 15.9 Å². The molecule has 2 saturated carbocycles. The Morgan fingerprint density at radius 2 is 2.03 bits per heavy atom. The van der Waals surface area contributed by atoms with Gasteiger partial charge < -0.3 is 10.2 Å². The van der Waals surface area contributed by atoms with Gasteiger partial charge >= 0.3 is 0 Å². The summed E-state index contributed by atoms with van der Waals surface area (Å²) in [6.07, 6.45) is 4.97. The number of anilines is 1. The van der Waals surface area contributed by atoms with Crippen molar-refractivity contribution in [3.63, 3.8) is 0 Å². The minimum atomic E-state index is -3.19. The standard InChI is InChI=1S/C24H31FN4O3S/c25-19-11-21(14-26)28(16-19)23(30)15-27-22-13-24(8-1-3-17(22)12-24)18-4-6-20(7-5-18)29-9-2-10-33(29,31)32/h4-7,17,19,21-22,27H,1-3,8-13,15-16H2/t17?,19-,21+,22?,24?/m1/s1. The van der Waals surface area contributed by atoms with E-state index in [1.54, 1.807) is 0 Å². The summed E-state index contributed by atoms with van der Waals surface area (Å²) in [5.74, 6) is 0.489. The second-order valence-electron chi connectivity index (χ2n) is 10.1. The van der Waals surface area contributed by atoms with Crippen LogP contribution < -0.4 is 9.62 Å². The molecule has 2 heterocycles. The molecule has 2 saturated heterocycles. The van der Waals surface area contributed by atoms with Gasteiger partial charge in [-0.15, -0.1) is 0 Å². The zero-order chi connectivity index (χ0) is 23.2. The summed E-state index contributed by atoms with van der Waals surface area (Å²) < 4.78 is 39.7. The minimum Gasteiger partial charge on any atom is -0.323 e. The number of nitrogens with zero attached hydrogens (tertiary/aromatic N) is 3. The molecule has 0 radical (unpaired) electrons. The SMILES string of the molecule is N#C[C@@H]1C[C@@H](F)CN1C(=O)CNC1CC2(c3ccc(N4CCCS4(=O)=O)cc3)CCCC1C2. The number of likely N-dealkylation sites (tertiary alicyclic amines) is 1. The number of nitriles is 1. The lowest BCUT2D eigenvalue weighted by Crippen LogP contribution is -2.44. The number of amides is 1. The predicted molar refractivity (Wildman–Crippen MR) is 123 cm³/mol. The van der Waals surface area contributed by atoms with Crippen LogP contribution in [0.1, 0.15) is 50.5 Å². The van der Waals surface area contributed by atoms with Gasteiger partial charge in [-0.2, -0.15) is 5.26 Å². The lowest BCUT2D eigenvalue weighted by Gasteiger charge is -2.34. The van der Waals surface area contributed by atoms with Crippen molar-refractivity contribution in [2.75, 3.05) is 29.7 Å². The number of hydrogen-bond acceptors (Lipinski definition) is 5. The highest BCUT2D eigenvalue weighted by atomic mass is 32.2. The molecule has 1 aromatic rings. The number of hydrogen-bond donors (Lipinski definition) is 1. The molecule has 1 N–H and O–H groups in total. The van der Waals surface area contributed by atoms with Crippen molar-refractivity contribution < 1.29 is 17.6 Å². The van der Waals surface area contributed by atoms with Gasteiger partial charge in [-0.1, -0.05) is 18.6 Å². The van der Waals surface area contributed by atoms with Crippen LogP contribution in [0.15, 0.2) is 24.3 Å². The number of carbonyl (C=O) groups is 1. The number of sulfonamides is 1. The first-order chi connectivity index (χ1) is 15.8. The van der Waals surface area contributed by atoms with Crippen molar-refractivity contribution in [2.45, 2.75) is 68.6 Å². The summed E-state index contributed by atoms with van der Waals surface area (Å²) in [6.45, 7) is 0.686. The van der Waals surface area contributed by atoms with Crippen LogP contribution in [0.4, 0.5) is 10.1 Å². The zero-order valence-electron chi connectivity index (χ0n) is 18.7. The molecule has 1 amide bonds. The molecule has 4 aliphatic rings. The third-order valence-corrected chi connectivity index (χ3v) is 10.0. The molecule has 3 unspecified atom stereocenters. The predicted octanol–water partition coefficient (Wildman–Crippen LogP) is 2.48. The summed E-state index contributed by atoms with van der Waals surface area (Å²) >= 11 is 0. The smallest absolute Gasteiger partial charge is 0.237 e. The summed E-state index contributed by atoms with van der Waals surface area (Å²) in [7, 11) is -3.19. The van der Waals surface area contributed by atoms with E-state index in [4.69, 9.17) is 0 Å². The van der Waals surface area contributed by atoms with E-state index in [1.165, 1.54) is 14.8 Å². The molecule has 9 heteroatoms. The molecule has 178 valence electrons. The van der Waals surface area contributed by atoms with Crippen LogP contribution in [0.25, 0.3) is 0 Å². The lowest BCUT2D eigenvalue weighted by molar-refractivity contribution is -0.130. The Labute approximate surface area is 195 Å². The third-order valence-electron chi connectivity index (χ3n) is 8.16. The number of benzene rings is 1. The van der Waals surface area contributed by atoms with Crippen LogP contribution in [0, 0.1) is 17.2 Å². The van der Waals surface area contributed by atoms with Crippen molar-refractivity contribution in [1.29, 1.82) is 5.26 Å². The van der Waals surface area contributed by atoms with Crippen LogP contribution in [-0.4, -0.2) is 62.9 Å². The number of alkyl halides is 1. The molecule has 33 heavy (non-hydrogen) atoms. The summed E-state index contributed by atoms with van der Waals surface area (Å²) in [6, 6.07) is 9.63. The topological polar surface area (TPSA) is 93.5 Å². The van der Waals surface area contributed by atoms with Crippen LogP contribution in [0.2, 0.25) is 0 Å². The van der Waals surface area contributed by atoms with E-state index in [1.807, 2.05) is 18.2 Å². The summed E-state index contributed by atoms with van der Waals surface area (Å²) in [4.78, 5) is 14.0. The molecule has 1 aromatic carbocycles. The fraction of sp³-hybridized carbons (Fsp3) is 0.667. The maximum atomic E-state index is 13.7. The van der Waals surface area contributed by atoms with E-state index in [-0.39, 0.29) is 42.6 Å². The maximum absolute atomic E-state index is 13.7. The zero-order valence-corrected chi connectivity index (χ0v) is 19.6. The molecular formula is C24H31FN4O3S. The van der Waals surface area contributed by atoms with Gasteiger partial charge in [0.05, 0.1) is 30.6 Å². The molecule has 2 bridgehead atoms. The van der Waals surface area contributed by atoms with E-state index in [9.17, 15) is 22.9 Å². The lowest BCUT2D eigenvalue weighted by atomic mass is 9.71. The summed E-state index contributed by atoms with van der Waals surface area (Å²) in [5.41, 5.74) is 2.02. The average Bonchev–Trinajstić information content (AvgIpc) is 3.44. The van der Waals surface area contributed by atoms with Crippen molar-refractivity contribution >= 4 is 21.6 Å². The highest BCUT2D eigenvalue weighted by Gasteiger charge is 2.48. The fourth-order valence-electron chi connectivity index (χ4n) is 6.56. The molecule has 7 nitrogen and oxygen atoms in total. The molecule has 5 rings (SSSR count). The second kappa shape index (κ2) is 8.55. The van der Waals surface area contributed by atoms with E-state index in [0.717, 1.165) is 37.8 Å². The Balaban J connectivity index is 1.26. The molecule has 2 aliphatic heterocycles. The fourth-order valence-corrected chi connectivity index (χ4v) is 8.12. The van der Waals surface area contributed by atoms with Crippen molar-refractivity contribution in [3.8, 4) is 6.07 Å². The third kappa shape index (κ3) is 4.12. The average molecular weight is 475 g/mol. The monoisotopic (exact) mass is 474 g/mol. The highest BCUT2D eigenvalue weighted by Crippen LogP contribution is 2.53. The van der Waals surface area contributed by atoms with Crippen LogP contribution in [0.5, 0.6) is 0 Å². The maximum Gasteiger partial charge on any atom is 0.237 e. The number of carbonyl (C=O) groups excluding carboxylic acids is 1. The van der Waals surface area contributed by atoms with E-state index < -0.39 is 22.2 Å². The molecule has 5 atom stereocenters. The van der Waals surface area contributed by atoms with Gasteiger partial charge in [-0.3, -0.25) is 9.10 Å². The minimum absolute atomic E-state index is 0.00978. The van der Waals surface area contributed by atoms with Crippen molar-refractivity contribution in [2.24, 2.45) is 5.92 Å². The second-order valence-corrected chi connectivity index (χ2v) is 12.2. The number of fused-ring (bicyclic) bond motifs is 2. The molecule has 2 aliphatic carbocycles. The van der Waals surface area contributed by atoms with Gasteiger partial charge in [-0.05, 0) is 61.1 Å². The Morgan fingerprint density at radius 3 is 2.73 bits per heavy atom. The Bertz CT molecular complexity index is 1060. The van der Waals surface area contributed by atoms with Crippen LogP contribution >= 0.6 is 0 Å². The quantitative estimate of drug-likeness (QED) is 0.708. The van der Waals surface area contributed by atoms with Crippen LogP contribution in [-0.2, 0) is 20.2 Å². The number of halogens is 1. The first kappa shape index (κ1) is 22.6. The molecular weight excluding hydrogens is 443 g/mol. The Hall–Kier alpha value is -2.18. The van der Waals surface area contributed by atoms with Crippen molar-refractivity contribution in [1.82, 2.24) is 10.2 Å². The van der Waals surface area contributed by atoms with Gasteiger partial charge in [0.1, 0.15) is 12.2 Å². The Kier molecular flexibility index (Phi) is 5.86. The summed E-state index contributed by atoms with van der Waals surface area (Å²) in [5, 5.41) is 12.7. The first-order valence-electron chi connectivity index (χ1n) is 12.0. The molecule has 0 aromatic heterocycles. The molecule has 0 spiro atoms. The molecule has 4 fully saturated rings. The highest BCUT2D eigenvalue weighted by molar-refractivity contribution is 7.93. The largest absolute Gasteiger partial charge is 0.323 e. The van der Waals surface area contributed by atoms with E-state index in [2.05, 4.69) is 17.4 Å². The first-order valence-corrected chi connectivity index (χ1v) is 13.6. The Morgan fingerprint density at radius 1 is 1.24 bits per heavy atom. The van der Waals surface area contributed by atoms with Gasteiger partial charge in [0, 0.05) is 19.0 Å². The van der Waals surface area contributed by atoms with Gasteiger partial charge in [0.25, 0.3) is 0 Å². The van der Waals surface area contributed by atoms with Crippen molar-refractivity contribution in [3.05, 3.63) is 29.8 Å².